The van der Waals surface area contributed by atoms with Crippen LogP contribution in [0.3, 0.4) is 0 Å². The standard InChI is InChI=1S/C20H25BN2O4/c1-13(2)9-19(22)20(24)23-11-14-3-5-16(6-4-14)27-17-7-8-18-15(10-17)12-26-21(18)25/h3-8,10,13,19,25H,9,11-12,22H2,1-2H3,(H,23,24). The number of carbonyl (C=O) groups is 1. The highest BCUT2D eigenvalue weighted by atomic mass is 16.5. The van der Waals surface area contributed by atoms with Gasteiger partial charge in [-0.05, 0) is 53.2 Å². The van der Waals surface area contributed by atoms with Crippen LogP contribution in [0, 0.1) is 5.92 Å². The first-order valence-corrected chi connectivity index (χ1v) is 9.15. The molecule has 1 atom stereocenters. The molecule has 2 aromatic carbocycles. The summed E-state index contributed by atoms with van der Waals surface area (Å²) in [4.78, 5) is 12.0. The molecule has 0 spiro atoms. The molecule has 27 heavy (non-hydrogen) atoms. The van der Waals surface area contributed by atoms with E-state index in [4.69, 9.17) is 15.1 Å². The van der Waals surface area contributed by atoms with Crippen LogP contribution in [0.2, 0.25) is 0 Å². The quantitative estimate of drug-likeness (QED) is 0.647. The summed E-state index contributed by atoms with van der Waals surface area (Å²) in [5.41, 5.74) is 8.56. The maximum absolute atomic E-state index is 12.0. The number of rotatable bonds is 7. The number of nitrogens with two attached hydrogens (primary N) is 1. The monoisotopic (exact) mass is 368 g/mol. The number of carbonyl (C=O) groups excluding carboxylic acids is 1. The van der Waals surface area contributed by atoms with Crippen molar-refractivity contribution in [1.82, 2.24) is 5.32 Å². The van der Waals surface area contributed by atoms with Crippen LogP contribution >= 0.6 is 0 Å². The van der Waals surface area contributed by atoms with E-state index in [1.54, 1.807) is 6.07 Å². The molecule has 0 bridgehead atoms. The Morgan fingerprint density at radius 2 is 1.96 bits per heavy atom. The molecule has 1 amide bonds. The van der Waals surface area contributed by atoms with Gasteiger partial charge >= 0.3 is 7.12 Å². The molecule has 0 radical (unpaired) electrons. The fourth-order valence-corrected chi connectivity index (χ4v) is 3.02. The van der Waals surface area contributed by atoms with Gasteiger partial charge in [0.05, 0.1) is 12.6 Å². The molecule has 2 aromatic rings. The number of benzene rings is 2. The van der Waals surface area contributed by atoms with E-state index in [-0.39, 0.29) is 5.91 Å². The van der Waals surface area contributed by atoms with Gasteiger partial charge in [0.2, 0.25) is 5.91 Å². The van der Waals surface area contributed by atoms with Gasteiger partial charge in [-0.15, -0.1) is 0 Å². The SMILES string of the molecule is CC(C)CC(N)C(=O)NCc1ccc(Oc2ccc3c(c2)COB3O)cc1. The molecule has 1 aliphatic heterocycles. The summed E-state index contributed by atoms with van der Waals surface area (Å²) < 4.78 is 11.0. The smallest absolute Gasteiger partial charge is 0.457 e. The highest BCUT2D eigenvalue weighted by Gasteiger charge is 2.27. The second kappa shape index (κ2) is 8.56. The number of fused-ring (bicyclic) bond motifs is 1. The van der Waals surface area contributed by atoms with Crippen LogP contribution in [-0.4, -0.2) is 24.1 Å². The number of hydrogen-bond donors (Lipinski definition) is 3. The molecular weight excluding hydrogens is 343 g/mol. The van der Waals surface area contributed by atoms with Crippen LogP contribution < -0.4 is 21.3 Å². The Labute approximate surface area is 159 Å². The Balaban J connectivity index is 1.54. The normalized spacial score (nSPS) is 14.2. The first-order valence-electron chi connectivity index (χ1n) is 9.15. The van der Waals surface area contributed by atoms with Crippen LogP contribution in [0.25, 0.3) is 0 Å². The van der Waals surface area contributed by atoms with Gasteiger partial charge in [0, 0.05) is 6.54 Å². The van der Waals surface area contributed by atoms with E-state index in [1.807, 2.05) is 50.2 Å². The average Bonchev–Trinajstić information content (AvgIpc) is 3.00. The van der Waals surface area contributed by atoms with Gasteiger partial charge in [-0.2, -0.15) is 0 Å². The van der Waals surface area contributed by atoms with Gasteiger partial charge in [0.25, 0.3) is 0 Å². The Morgan fingerprint density at radius 3 is 2.67 bits per heavy atom. The van der Waals surface area contributed by atoms with Crippen molar-refractivity contribution in [3.05, 3.63) is 53.6 Å². The number of amides is 1. The number of nitrogens with one attached hydrogen (secondary N) is 1. The maximum Gasteiger partial charge on any atom is 0.491 e. The Morgan fingerprint density at radius 1 is 1.26 bits per heavy atom. The summed E-state index contributed by atoms with van der Waals surface area (Å²) in [5, 5.41) is 12.5. The lowest BCUT2D eigenvalue weighted by atomic mass is 9.80. The molecule has 1 unspecified atom stereocenters. The molecule has 0 aliphatic carbocycles. The highest BCUT2D eigenvalue weighted by molar-refractivity contribution is 6.61. The van der Waals surface area contributed by atoms with Crippen molar-refractivity contribution in [3.8, 4) is 11.5 Å². The molecule has 142 valence electrons. The highest BCUT2D eigenvalue weighted by Crippen LogP contribution is 2.24. The average molecular weight is 368 g/mol. The maximum atomic E-state index is 12.0. The lowest BCUT2D eigenvalue weighted by Crippen LogP contribution is -2.40. The second-order valence-electron chi connectivity index (χ2n) is 7.22. The van der Waals surface area contributed by atoms with Crippen molar-refractivity contribution in [2.24, 2.45) is 11.7 Å². The van der Waals surface area contributed by atoms with Crippen LogP contribution in [0.15, 0.2) is 42.5 Å². The Bertz CT molecular complexity index is 795. The minimum Gasteiger partial charge on any atom is -0.457 e. The van der Waals surface area contributed by atoms with Gasteiger partial charge in [-0.3, -0.25) is 4.79 Å². The predicted octanol–water partition coefficient (Wildman–Crippen LogP) is 1.69. The largest absolute Gasteiger partial charge is 0.491 e. The van der Waals surface area contributed by atoms with E-state index in [0.29, 0.717) is 37.0 Å². The van der Waals surface area contributed by atoms with Gasteiger partial charge in [-0.1, -0.05) is 32.0 Å². The molecule has 7 heteroatoms. The molecule has 0 saturated carbocycles. The molecular formula is C20H25BN2O4. The molecule has 4 N–H and O–H groups in total. The van der Waals surface area contributed by atoms with E-state index in [9.17, 15) is 9.82 Å². The molecule has 1 aliphatic rings. The lowest BCUT2D eigenvalue weighted by Gasteiger charge is -2.14. The van der Waals surface area contributed by atoms with E-state index >= 15 is 0 Å². The Kier molecular flexibility index (Phi) is 6.16. The predicted molar refractivity (Wildman–Crippen MR) is 105 cm³/mol. The van der Waals surface area contributed by atoms with Gasteiger partial charge in [0.15, 0.2) is 0 Å². The summed E-state index contributed by atoms with van der Waals surface area (Å²) in [6.07, 6.45) is 0.668. The summed E-state index contributed by atoms with van der Waals surface area (Å²) in [6, 6.07) is 12.5. The van der Waals surface area contributed by atoms with E-state index in [1.165, 1.54) is 0 Å². The van der Waals surface area contributed by atoms with Crippen molar-refractivity contribution in [2.75, 3.05) is 0 Å². The minimum absolute atomic E-state index is 0.133. The fourth-order valence-electron chi connectivity index (χ4n) is 3.02. The van der Waals surface area contributed by atoms with E-state index in [0.717, 1.165) is 16.6 Å². The van der Waals surface area contributed by atoms with Crippen LogP contribution in [-0.2, 0) is 22.6 Å². The summed E-state index contributed by atoms with van der Waals surface area (Å²) in [5.74, 6) is 1.64. The number of hydrogen-bond acceptors (Lipinski definition) is 5. The van der Waals surface area contributed by atoms with Gasteiger partial charge < -0.3 is 25.5 Å². The number of ether oxygens (including phenoxy) is 1. The first kappa shape index (κ1) is 19.4. The zero-order valence-corrected chi connectivity index (χ0v) is 15.6. The van der Waals surface area contributed by atoms with Gasteiger partial charge in [0.1, 0.15) is 11.5 Å². The molecule has 0 saturated heterocycles. The summed E-state index contributed by atoms with van der Waals surface area (Å²) in [7, 11) is -0.850. The van der Waals surface area contributed by atoms with Crippen molar-refractivity contribution >= 4 is 18.5 Å². The van der Waals surface area contributed by atoms with E-state index in [2.05, 4.69) is 5.32 Å². The third kappa shape index (κ3) is 5.10. The fraction of sp³-hybridized carbons (Fsp3) is 0.350. The van der Waals surface area contributed by atoms with Crippen LogP contribution in [0.4, 0.5) is 0 Å². The first-order chi connectivity index (χ1) is 12.9. The van der Waals surface area contributed by atoms with Crippen molar-refractivity contribution in [1.29, 1.82) is 0 Å². The summed E-state index contributed by atoms with van der Waals surface area (Å²) >= 11 is 0. The van der Waals surface area contributed by atoms with Crippen molar-refractivity contribution < 1.29 is 19.2 Å². The van der Waals surface area contributed by atoms with E-state index < -0.39 is 13.2 Å². The summed E-state index contributed by atoms with van der Waals surface area (Å²) in [6.45, 7) is 4.90. The Hall–Kier alpha value is -2.35. The third-order valence-corrected chi connectivity index (χ3v) is 4.47. The lowest BCUT2D eigenvalue weighted by molar-refractivity contribution is -0.122. The van der Waals surface area contributed by atoms with Gasteiger partial charge in [-0.25, -0.2) is 0 Å². The molecule has 0 aromatic heterocycles. The van der Waals surface area contributed by atoms with Crippen molar-refractivity contribution in [2.45, 2.75) is 39.5 Å². The third-order valence-electron chi connectivity index (χ3n) is 4.47. The zero-order chi connectivity index (χ0) is 19.4. The zero-order valence-electron chi connectivity index (χ0n) is 15.6. The van der Waals surface area contributed by atoms with Crippen LogP contribution in [0.5, 0.6) is 11.5 Å². The van der Waals surface area contributed by atoms with Crippen LogP contribution in [0.1, 0.15) is 31.4 Å². The van der Waals surface area contributed by atoms with Crippen molar-refractivity contribution in [3.63, 3.8) is 0 Å². The second-order valence-corrected chi connectivity index (χ2v) is 7.22. The topological polar surface area (TPSA) is 93.8 Å². The molecule has 6 nitrogen and oxygen atoms in total. The minimum atomic E-state index is -0.850. The molecule has 1 heterocycles. The molecule has 0 fully saturated rings. The molecule has 3 rings (SSSR count).